The summed E-state index contributed by atoms with van der Waals surface area (Å²) in [5.41, 5.74) is 0.270. The normalized spacial score (nSPS) is 15.4. The molecule has 0 radical (unpaired) electrons. The zero-order valence-corrected chi connectivity index (χ0v) is 17.1. The Morgan fingerprint density at radius 2 is 0.812 bits per heavy atom. The highest BCUT2D eigenvalue weighted by Gasteiger charge is 2.47. The lowest BCUT2D eigenvalue weighted by molar-refractivity contribution is -0.0558. The average molecular weight is 448 g/mol. The van der Waals surface area contributed by atoms with E-state index in [0.29, 0.717) is 10.1 Å². The molecular formula is C22H13N2O7P. The van der Waals surface area contributed by atoms with Crippen LogP contribution < -0.4 is 5.30 Å². The van der Waals surface area contributed by atoms with Gasteiger partial charge in [-0.3, -0.25) is 23.7 Å². The summed E-state index contributed by atoms with van der Waals surface area (Å²) in [7, 11) is -4.61. The SMILES string of the molecule is O=C1c2ccccc2C(=O)N1OP(=O)(ON1C(=O)c2ccccc2C1=O)c1ccccc1. The molecule has 0 spiro atoms. The van der Waals surface area contributed by atoms with Gasteiger partial charge >= 0.3 is 7.60 Å². The first-order chi connectivity index (χ1) is 15.4. The summed E-state index contributed by atoms with van der Waals surface area (Å²) < 4.78 is 24.6. The predicted octanol–water partition coefficient (Wildman–Crippen LogP) is 2.96. The van der Waals surface area contributed by atoms with Gasteiger partial charge in [0.25, 0.3) is 23.6 Å². The monoisotopic (exact) mass is 448 g/mol. The van der Waals surface area contributed by atoms with Crippen molar-refractivity contribution in [2.24, 2.45) is 0 Å². The molecule has 0 bridgehead atoms. The van der Waals surface area contributed by atoms with E-state index in [1.165, 1.54) is 48.5 Å². The molecule has 2 aliphatic rings. The zero-order chi connectivity index (χ0) is 22.5. The van der Waals surface area contributed by atoms with E-state index >= 15 is 0 Å². The Morgan fingerprint density at radius 3 is 1.16 bits per heavy atom. The van der Waals surface area contributed by atoms with E-state index < -0.39 is 31.2 Å². The van der Waals surface area contributed by atoms with Crippen molar-refractivity contribution in [1.82, 2.24) is 10.1 Å². The van der Waals surface area contributed by atoms with Gasteiger partial charge in [0.05, 0.1) is 27.6 Å². The first-order valence-electron chi connectivity index (χ1n) is 9.41. The summed E-state index contributed by atoms with van der Waals surface area (Å²) in [6.07, 6.45) is 0. The van der Waals surface area contributed by atoms with E-state index in [-0.39, 0.29) is 27.6 Å². The second-order valence-electron chi connectivity index (χ2n) is 6.90. The highest BCUT2D eigenvalue weighted by Crippen LogP contribution is 2.51. The van der Waals surface area contributed by atoms with Gasteiger partial charge in [0, 0.05) is 0 Å². The van der Waals surface area contributed by atoms with Crippen molar-refractivity contribution >= 4 is 36.5 Å². The Labute approximate surface area is 181 Å². The van der Waals surface area contributed by atoms with Crippen molar-refractivity contribution in [3.8, 4) is 0 Å². The maximum Gasteiger partial charge on any atom is 0.404 e. The number of nitrogens with zero attached hydrogens (tertiary/aromatic N) is 2. The van der Waals surface area contributed by atoms with E-state index in [1.54, 1.807) is 30.3 Å². The number of benzene rings is 3. The number of carbonyl (C=O) groups excluding carboxylic acids is 4. The number of imide groups is 2. The smallest absolute Gasteiger partial charge is 0.266 e. The first-order valence-corrected chi connectivity index (χ1v) is 11.0. The largest absolute Gasteiger partial charge is 0.404 e. The summed E-state index contributed by atoms with van der Waals surface area (Å²) in [6.45, 7) is 0. The topological polar surface area (TPSA) is 110 Å². The third-order valence-electron chi connectivity index (χ3n) is 4.96. The van der Waals surface area contributed by atoms with Crippen LogP contribution in [0.25, 0.3) is 0 Å². The van der Waals surface area contributed by atoms with Crippen molar-refractivity contribution in [3.05, 3.63) is 101 Å². The predicted molar refractivity (Wildman–Crippen MR) is 110 cm³/mol. The second kappa shape index (κ2) is 7.35. The van der Waals surface area contributed by atoms with Crippen molar-refractivity contribution in [2.75, 3.05) is 0 Å². The third kappa shape index (κ3) is 2.99. The maximum absolute atomic E-state index is 13.9. The zero-order valence-electron chi connectivity index (χ0n) is 16.2. The van der Waals surface area contributed by atoms with Crippen molar-refractivity contribution in [3.63, 3.8) is 0 Å². The highest BCUT2D eigenvalue weighted by atomic mass is 31.2. The average Bonchev–Trinajstić information content (AvgIpc) is 3.21. The van der Waals surface area contributed by atoms with Gasteiger partial charge in [-0.1, -0.05) is 42.5 Å². The lowest BCUT2D eigenvalue weighted by Gasteiger charge is -2.24. The molecule has 0 fully saturated rings. The summed E-state index contributed by atoms with van der Waals surface area (Å²) >= 11 is 0. The summed E-state index contributed by atoms with van der Waals surface area (Å²) in [5, 5.41) is 0.598. The Hall–Kier alpha value is -3.91. The fraction of sp³-hybridized carbons (Fsp3) is 0. The summed E-state index contributed by atoms with van der Waals surface area (Å²) in [5.74, 6) is -3.36. The van der Waals surface area contributed by atoms with Crippen LogP contribution in [0.5, 0.6) is 0 Å². The Balaban J connectivity index is 1.52. The molecule has 3 aromatic rings. The number of amides is 4. The fourth-order valence-electron chi connectivity index (χ4n) is 3.42. The van der Waals surface area contributed by atoms with Crippen LogP contribution in [0.4, 0.5) is 0 Å². The van der Waals surface area contributed by atoms with E-state index in [0.717, 1.165) is 0 Å². The fourth-order valence-corrected chi connectivity index (χ4v) is 4.90. The molecule has 0 aliphatic carbocycles. The van der Waals surface area contributed by atoms with Crippen LogP contribution in [0.1, 0.15) is 41.4 Å². The standard InChI is InChI=1S/C22H13N2O7P/c25-19-15-10-4-5-11-16(15)20(26)23(19)30-32(29,14-8-2-1-3-9-14)31-24-21(27)17-12-6-7-13-18(17)22(24)28/h1-13H. The molecule has 0 aromatic heterocycles. The van der Waals surface area contributed by atoms with Crippen molar-refractivity contribution in [1.29, 1.82) is 0 Å². The molecule has 10 heteroatoms. The van der Waals surface area contributed by atoms with Gasteiger partial charge in [0.1, 0.15) is 0 Å². The molecule has 158 valence electrons. The molecule has 0 atom stereocenters. The van der Waals surface area contributed by atoms with Gasteiger partial charge in [-0.05, 0) is 36.4 Å². The lowest BCUT2D eigenvalue weighted by Crippen LogP contribution is -2.35. The number of hydrogen-bond donors (Lipinski definition) is 0. The minimum Gasteiger partial charge on any atom is -0.266 e. The molecule has 0 saturated heterocycles. The van der Waals surface area contributed by atoms with Gasteiger partial charge in [0.2, 0.25) is 0 Å². The summed E-state index contributed by atoms with van der Waals surface area (Å²) in [4.78, 5) is 50.9. The van der Waals surface area contributed by atoms with Crippen LogP contribution in [0.3, 0.4) is 0 Å². The minimum atomic E-state index is -4.61. The van der Waals surface area contributed by atoms with Gasteiger partial charge in [0.15, 0.2) is 0 Å². The Kier molecular flexibility index (Phi) is 4.60. The van der Waals surface area contributed by atoms with Crippen LogP contribution in [-0.2, 0) is 13.8 Å². The van der Waals surface area contributed by atoms with Crippen LogP contribution >= 0.6 is 7.60 Å². The van der Waals surface area contributed by atoms with Crippen LogP contribution in [0.15, 0.2) is 78.9 Å². The third-order valence-corrected chi connectivity index (χ3v) is 6.65. The summed E-state index contributed by atoms with van der Waals surface area (Å²) in [6, 6.07) is 19.4. The van der Waals surface area contributed by atoms with E-state index in [1.807, 2.05) is 0 Å². The number of rotatable bonds is 5. The van der Waals surface area contributed by atoms with Crippen molar-refractivity contribution in [2.45, 2.75) is 0 Å². The molecule has 2 aliphatic heterocycles. The molecular weight excluding hydrogens is 435 g/mol. The van der Waals surface area contributed by atoms with Crippen LogP contribution in [-0.4, -0.2) is 33.8 Å². The number of hydroxylamine groups is 4. The maximum atomic E-state index is 13.9. The first kappa shape index (κ1) is 20.0. The molecule has 9 nitrogen and oxygen atoms in total. The van der Waals surface area contributed by atoms with Gasteiger partial charge in [-0.25, -0.2) is 0 Å². The molecule has 0 unspecified atom stereocenters. The van der Waals surface area contributed by atoms with Gasteiger partial charge in [-0.2, -0.15) is 9.25 Å². The quantitative estimate of drug-likeness (QED) is 0.436. The molecule has 3 aromatic carbocycles. The minimum absolute atomic E-state index is 0.0619. The highest BCUT2D eigenvalue weighted by molar-refractivity contribution is 7.62. The molecule has 2 heterocycles. The van der Waals surface area contributed by atoms with Crippen LogP contribution in [0, 0.1) is 0 Å². The number of carbonyl (C=O) groups is 4. The van der Waals surface area contributed by atoms with Crippen LogP contribution in [0.2, 0.25) is 0 Å². The Morgan fingerprint density at radius 1 is 0.500 bits per heavy atom. The molecule has 0 saturated carbocycles. The van der Waals surface area contributed by atoms with E-state index in [9.17, 15) is 23.7 Å². The molecule has 5 rings (SSSR count). The van der Waals surface area contributed by atoms with Crippen molar-refractivity contribution < 1.29 is 33.0 Å². The molecule has 0 N–H and O–H groups in total. The molecule has 32 heavy (non-hydrogen) atoms. The van der Waals surface area contributed by atoms with Gasteiger partial charge in [-0.15, -0.1) is 10.1 Å². The number of fused-ring (bicyclic) bond motifs is 2. The van der Waals surface area contributed by atoms with E-state index in [2.05, 4.69) is 0 Å². The number of hydrogen-bond acceptors (Lipinski definition) is 7. The lowest BCUT2D eigenvalue weighted by atomic mass is 10.1. The van der Waals surface area contributed by atoms with E-state index in [4.69, 9.17) is 9.25 Å². The van der Waals surface area contributed by atoms with Gasteiger partial charge < -0.3 is 0 Å². The molecule has 4 amide bonds. The second-order valence-corrected chi connectivity index (χ2v) is 8.73. The Bertz CT molecular complexity index is 1200.